The summed E-state index contributed by atoms with van der Waals surface area (Å²) >= 11 is 0. The molecule has 7 heteroatoms. The Morgan fingerprint density at radius 2 is 1.73 bits per heavy atom. The third-order valence-electron chi connectivity index (χ3n) is 5.64. The fourth-order valence-electron chi connectivity index (χ4n) is 3.85. The van der Waals surface area contributed by atoms with Gasteiger partial charge in [0.05, 0.1) is 22.8 Å². The number of pyridine rings is 1. The Labute approximate surface area is 193 Å². The second-order valence-corrected chi connectivity index (χ2v) is 7.63. The first kappa shape index (κ1) is 22.2. The van der Waals surface area contributed by atoms with Gasteiger partial charge in [-0.3, -0.25) is 9.59 Å². The molecule has 0 saturated carbocycles. The summed E-state index contributed by atoms with van der Waals surface area (Å²) in [5, 5.41) is 8.03. The molecule has 7 nitrogen and oxygen atoms in total. The average Bonchev–Trinajstić information content (AvgIpc) is 3.28. The third-order valence-corrected chi connectivity index (χ3v) is 5.64. The van der Waals surface area contributed by atoms with E-state index >= 15 is 0 Å². The first-order valence-corrected chi connectivity index (χ1v) is 11.2. The summed E-state index contributed by atoms with van der Waals surface area (Å²) in [4.78, 5) is 32.6. The maximum Gasteiger partial charge on any atom is 0.256 e. The Bertz CT molecular complexity index is 1290. The molecule has 2 heterocycles. The molecule has 0 aliphatic rings. The lowest BCUT2D eigenvalue weighted by molar-refractivity contribution is 0.0772. The van der Waals surface area contributed by atoms with Crippen LogP contribution in [-0.4, -0.2) is 44.6 Å². The van der Waals surface area contributed by atoms with E-state index in [9.17, 15) is 9.59 Å². The van der Waals surface area contributed by atoms with Crippen molar-refractivity contribution in [2.45, 2.75) is 27.3 Å². The monoisotopic (exact) mass is 441 g/mol. The summed E-state index contributed by atoms with van der Waals surface area (Å²) in [6.07, 6.45) is 1.68. The standard InChI is InChI=1S/C26H27N5O2/c1-4-30(5-2)26(33)19-13-10-14-20(15-19)28-25(32)21-16-23(18-11-8-7-9-12-18)29-24-22(21)17-27-31(24)6-3/h7-17H,4-6H2,1-3H3,(H,28,32). The van der Waals surface area contributed by atoms with Crippen LogP contribution in [0.1, 0.15) is 41.5 Å². The highest BCUT2D eigenvalue weighted by molar-refractivity contribution is 6.13. The maximum absolute atomic E-state index is 13.4. The SMILES string of the molecule is CCN(CC)C(=O)c1cccc(NC(=O)c2cc(-c3ccccc3)nc3c2cnn3CC)c1. The summed E-state index contributed by atoms with van der Waals surface area (Å²) in [6, 6.07) is 18.6. The second-order valence-electron chi connectivity index (χ2n) is 7.63. The van der Waals surface area contributed by atoms with Gasteiger partial charge in [-0.1, -0.05) is 36.4 Å². The molecule has 0 saturated heterocycles. The van der Waals surface area contributed by atoms with Crippen LogP contribution < -0.4 is 5.32 Å². The largest absolute Gasteiger partial charge is 0.339 e. The first-order valence-electron chi connectivity index (χ1n) is 11.2. The van der Waals surface area contributed by atoms with Crippen molar-refractivity contribution in [3.8, 4) is 11.3 Å². The van der Waals surface area contributed by atoms with Crippen LogP contribution in [0.4, 0.5) is 5.69 Å². The summed E-state index contributed by atoms with van der Waals surface area (Å²) in [5.41, 5.74) is 3.87. The number of nitrogens with one attached hydrogen (secondary N) is 1. The van der Waals surface area contributed by atoms with Gasteiger partial charge in [0, 0.05) is 36.4 Å². The van der Waals surface area contributed by atoms with Gasteiger partial charge in [-0.2, -0.15) is 5.10 Å². The molecule has 4 aromatic rings. The van der Waals surface area contributed by atoms with Crippen molar-refractivity contribution in [2.24, 2.45) is 0 Å². The number of carbonyl (C=O) groups excluding carboxylic acids is 2. The van der Waals surface area contributed by atoms with Gasteiger partial charge in [-0.25, -0.2) is 9.67 Å². The number of fused-ring (bicyclic) bond motifs is 1. The number of aryl methyl sites for hydroxylation is 1. The van der Waals surface area contributed by atoms with Gasteiger partial charge in [-0.05, 0) is 45.0 Å². The second kappa shape index (κ2) is 9.65. The molecule has 2 amide bonds. The number of hydrogen-bond donors (Lipinski definition) is 1. The van der Waals surface area contributed by atoms with Crippen molar-refractivity contribution in [3.05, 3.63) is 78.0 Å². The van der Waals surface area contributed by atoms with E-state index in [1.807, 2.05) is 51.1 Å². The van der Waals surface area contributed by atoms with Crippen LogP contribution in [0.5, 0.6) is 0 Å². The Balaban J connectivity index is 1.71. The van der Waals surface area contributed by atoms with Crippen molar-refractivity contribution in [2.75, 3.05) is 18.4 Å². The van der Waals surface area contributed by atoms with E-state index in [-0.39, 0.29) is 11.8 Å². The van der Waals surface area contributed by atoms with Crippen LogP contribution in [0.2, 0.25) is 0 Å². The minimum Gasteiger partial charge on any atom is -0.339 e. The smallest absolute Gasteiger partial charge is 0.256 e. The van der Waals surface area contributed by atoms with Gasteiger partial charge < -0.3 is 10.2 Å². The van der Waals surface area contributed by atoms with Gasteiger partial charge in [0.2, 0.25) is 0 Å². The topological polar surface area (TPSA) is 80.1 Å². The first-order chi connectivity index (χ1) is 16.0. The van der Waals surface area contributed by atoms with E-state index in [0.717, 1.165) is 5.56 Å². The molecule has 0 radical (unpaired) electrons. The van der Waals surface area contributed by atoms with Crippen LogP contribution >= 0.6 is 0 Å². The molecule has 2 aromatic carbocycles. The van der Waals surface area contributed by atoms with Gasteiger partial charge in [0.25, 0.3) is 11.8 Å². The fraction of sp³-hybridized carbons (Fsp3) is 0.231. The van der Waals surface area contributed by atoms with Crippen molar-refractivity contribution in [1.29, 1.82) is 0 Å². The van der Waals surface area contributed by atoms with Crippen LogP contribution in [0.25, 0.3) is 22.3 Å². The lowest BCUT2D eigenvalue weighted by Crippen LogP contribution is -2.30. The number of carbonyl (C=O) groups is 2. The molecule has 0 aliphatic heterocycles. The average molecular weight is 442 g/mol. The van der Waals surface area contributed by atoms with Crippen LogP contribution in [0.15, 0.2) is 66.9 Å². The highest BCUT2D eigenvalue weighted by atomic mass is 16.2. The number of hydrogen-bond acceptors (Lipinski definition) is 4. The van der Waals surface area contributed by atoms with Gasteiger partial charge >= 0.3 is 0 Å². The molecular weight excluding hydrogens is 414 g/mol. The van der Waals surface area contributed by atoms with E-state index in [0.29, 0.717) is 53.2 Å². The molecule has 0 fully saturated rings. The zero-order valence-corrected chi connectivity index (χ0v) is 19.1. The van der Waals surface area contributed by atoms with E-state index in [2.05, 4.69) is 10.4 Å². The van der Waals surface area contributed by atoms with Crippen LogP contribution in [-0.2, 0) is 6.54 Å². The number of anilines is 1. The molecular formula is C26H27N5O2. The van der Waals surface area contributed by atoms with E-state index in [1.165, 1.54) is 0 Å². The Morgan fingerprint density at radius 1 is 0.970 bits per heavy atom. The predicted octanol–water partition coefficient (Wildman–Crippen LogP) is 4.85. The summed E-state index contributed by atoms with van der Waals surface area (Å²) in [7, 11) is 0. The highest BCUT2D eigenvalue weighted by Gasteiger charge is 2.18. The van der Waals surface area contributed by atoms with Gasteiger partial charge in [0.15, 0.2) is 5.65 Å². The van der Waals surface area contributed by atoms with Crippen molar-refractivity contribution in [3.63, 3.8) is 0 Å². The number of benzene rings is 2. The minimum atomic E-state index is -0.275. The zero-order chi connectivity index (χ0) is 23.4. The zero-order valence-electron chi connectivity index (χ0n) is 19.1. The highest BCUT2D eigenvalue weighted by Crippen LogP contribution is 2.26. The van der Waals surface area contributed by atoms with Crippen molar-refractivity contribution < 1.29 is 9.59 Å². The van der Waals surface area contributed by atoms with E-state index < -0.39 is 0 Å². The van der Waals surface area contributed by atoms with Crippen LogP contribution in [0.3, 0.4) is 0 Å². The number of nitrogens with zero attached hydrogens (tertiary/aromatic N) is 4. The molecule has 1 N–H and O–H groups in total. The molecule has 168 valence electrons. The fourth-order valence-corrected chi connectivity index (χ4v) is 3.85. The summed E-state index contributed by atoms with van der Waals surface area (Å²) < 4.78 is 1.78. The minimum absolute atomic E-state index is 0.0574. The summed E-state index contributed by atoms with van der Waals surface area (Å²) in [6.45, 7) is 7.78. The predicted molar refractivity (Wildman–Crippen MR) is 130 cm³/mol. The maximum atomic E-state index is 13.4. The number of amides is 2. The molecule has 2 aromatic heterocycles. The van der Waals surface area contributed by atoms with Crippen molar-refractivity contribution in [1.82, 2.24) is 19.7 Å². The van der Waals surface area contributed by atoms with E-state index in [1.54, 1.807) is 46.1 Å². The van der Waals surface area contributed by atoms with Crippen molar-refractivity contribution >= 4 is 28.5 Å². The molecule has 0 bridgehead atoms. The molecule has 4 rings (SSSR count). The Hall–Kier alpha value is -4.00. The van der Waals surface area contributed by atoms with Gasteiger partial charge in [0.1, 0.15) is 0 Å². The Kier molecular flexibility index (Phi) is 6.49. The van der Waals surface area contributed by atoms with Crippen LogP contribution in [0, 0.1) is 0 Å². The number of rotatable bonds is 7. The van der Waals surface area contributed by atoms with E-state index in [4.69, 9.17) is 4.98 Å². The normalized spacial score (nSPS) is 10.9. The molecule has 0 aliphatic carbocycles. The third kappa shape index (κ3) is 4.48. The molecule has 0 atom stereocenters. The summed E-state index contributed by atoms with van der Waals surface area (Å²) in [5.74, 6) is -0.333. The molecule has 33 heavy (non-hydrogen) atoms. The molecule has 0 spiro atoms. The number of aromatic nitrogens is 3. The lowest BCUT2D eigenvalue weighted by atomic mass is 10.1. The quantitative estimate of drug-likeness (QED) is 0.444. The molecule has 0 unspecified atom stereocenters. The lowest BCUT2D eigenvalue weighted by Gasteiger charge is -2.19. The van der Waals surface area contributed by atoms with Gasteiger partial charge in [-0.15, -0.1) is 0 Å². The Morgan fingerprint density at radius 3 is 2.42 bits per heavy atom.